The Hall–Kier alpha value is -4.74. The Morgan fingerprint density at radius 2 is 1.41 bits per heavy atom. The molecule has 51 heavy (non-hydrogen) atoms. The van der Waals surface area contributed by atoms with Crippen LogP contribution in [0.4, 0.5) is 5.82 Å². The SMILES string of the molecule is CN(C)P(=O)(Cl)OC[C@@H]1CN(C(c2ccccc2)(c2ccccc2)c2ccccc2)CC(n2cnc3c(NC(=O)c4ccccc4)ncnc32)O1. The summed E-state index contributed by atoms with van der Waals surface area (Å²) in [5, 5.41) is 2.88. The third-order valence-corrected chi connectivity index (χ3v) is 11.7. The molecule has 7 rings (SSSR count). The maximum Gasteiger partial charge on any atom is 0.362 e. The van der Waals surface area contributed by atoms with Crippen molar-refractivity contribution in [3.63, 3.8) is 0 Å². The third kappa shape index (κ3) is 6.97. The highest BCUT2D eigenvalue weighted by Gasteiger charge is 2.47. The standard InChI is InChI=1S/C38H37ClN7O4P/c1-44(2)51(39,48)49-25-32-23-45(38(29-17-9-4-10-18-29,30-19-11-5-12-20-30)31-21-13-6-14-22-31)24-33(50-32)46-27-42-34-35(40-26-41-36(34)46)43-37(47)28-15-7-3-8-16-28/h3-22,26-27,32-33H,23-25H2,1-2H3,(H,40,41,43,47)/t32-,33?,51?/m0/s1. The molecule has 0 aliphatic carbocycles. The number of nitrogens with zero attached hydrogens (tertiary/aromatic N) is 6. The van der Waals surface area contributed by atoms with Gasteiger partial charge in [0.25, 0.3) is 5.91 Å². The second-order valence-corrected chi connectivity index (χ2v) is 15.6. The van der Waals surface area contributed by atoms with Crippen molar-refractivity contribution < 1.29 is 18.6 Å². The van der Waals surface area contributed by atoms with Crippen molar-refractivity contribution in [3.8, 4) is 0 Å². The van der Waals surface area contributed by atoms with E-state index >= 15 is 0 Å². The lowest BCUT2D eigenvalue weighted by molar-refractivity contribution is -0.145. The van der Waals surface area contributed by atoms with Crippen LogP contribution in [0.2, 0.25) is 0 Å². The predicted molar refractivity (Wildman–Crippen MR) is 198 cm³/mol. The number of anilines is 1. The van der Waals surface area contributed by atoms with Crippen LogP contribution in [0.5, 0.6) is 0 Å². The number of hydrogen-bond acceptors (Lipinski definition) is 8. The minimum absolute atomic E-state index is 0.0413. The minimum atomic E-state index is -3.60. The van der Waals surface area contributed by atoms with Crippen LogP contribution in [0.1, 0.15) is 33.3 Å². The Bertz CT molecular complexity index is 2040. The van der Waals surface area contributed by atoms with Gasteiger partial charge in [-0.25, -0.2) is 19.6 Å². The number of nitrogens with one attached hydrogen (secondary N) is 1. The average Bonchev–Trinajstić information content (AvgIpc) is 3.61. The molecule has 1 aliphatic rings. The highest BCUT2D eigenvalue weighted by atomic mass is 35.7. The molecule has 6 aromatic rings. The van der Waals surface area contributed by atoms with E-state index in [0.717, 1.165) is 16.7 Å². The van der Waals surface area contributed by atoms with Gasteiger partial charge in [-0.15, -0.1) is 0 Å². The van der Waals surface area contributed by atoms with E-state index in [9.17, 15) is 9.36 Å². The van der Waals surface area contributed by atoms with Gasteiger partial charge in [0.1, 0.15) is 12.6 Å². The van der Waals surface area contributed by atoms with E-state index in [4.69, 9.17) is 20.5 Å². The van der Waals surface area contributed by atoms with Gasteiger partial charge < -0.3 is 14.6 Å². The molecule has 0 spiro atoms. The molecule has 3 atom stereocenters. The first-order chi connectivity index (χ1) is 24.8. The second-order valence-electron chi connectivity index (χ2n) is 12.4. The third-order valence-electron chi connectivity index (χ3n) is 9.03. The number of imidazole rings is 1. The number of rotatable bonds is 11. The molecule has 2 aromatic heterocycles. The first-order valence-electron chi connectivity index (χ1n) is 16.5. The molecule has 2 unspecified atom stereocenters. The van der Waals surface area contributed by atoms with Crippen LogP contribution in [-0.2, 0) is 19.4 Å². The molecule has 1 amide bonds. The van der Waals surface area contributed by atoms with Gasteiger partial charge in [0.15, 0.2) is 17.0 Å². The van der Waals surface area contributed by atoms with Crippen LogP contribution < -0.4 is 5.32 Å². The van der Waals surface area contributed by atoms with E-state index in [1.807, 2.05) is 65.2 Å². The molecule has 1 fully saturated rings. The molecule has 1 N–H and O–H groups in total. The van der Waals surface area contributed by atoms with Gasteiger partial charge in [0, 0.05) is 18.7 Å². The summed E-state index contributed by atoms with van der Waals surface area (Å²) in [6.07, 6.45) is 1.81. The number of carbonyl (C=O) groups excluding carboxylic acids is 1. The van der Waals surface area contributed by atoms with Gasteiger partial charge in [-0.2, -0.15) is 0 Å². The Kier molecular flexibility index (Phi) is 10.1. The van der Waals surface area contributed by atoms with Crippen LogP contribution in [0.15, 0.2) is 134 Å². The molecule has 11 nitrogen and oxygen atoms in total. The first kappa shape index (κ1) is 34.7. The number of carbonyl (C=O) groups is 1. The molecule has 13 heteroatoms. The largest absolute Gasteiger partial charge is 0.362 e. The van der Waals surface area contributed by atoms with Crippen molar-refractivity contribution in [2.45, 2.75) is 17.9 Å². The summed E-state index contributed by atoms with van der Waals surface area (Å²) < 4.78 is 29.0. The highest BCUT2D eigenvalue weighted by Crippen LogP contribution is 2.54. The summed E-state index contributed by atoms with van der Waals surface area (Å²) in [4.78, 5) is 29.0. The summed E-state index contributed by atoms with van der Waals surface area (Å²) in [6.45, 7) is -2.85. The van der Waals surface area contributed by atoms with Gasteiger partial charge >= 0.3 is 6.87 Å². The molecule has 1 aliphatic heterocycles. The van der Waals surface area contributed by atoms with E-state index in [2.05, 4.69) is 61.6 Å². The van der Waals surface area contributed by atoms with Crippen LogP contribution in [0.25, 0.3) is 11.2 Å². The van der Waals surface area contributed by atoms with Crippen molar-refractivity contribution in [2.24, 2.45) is 0 Å². The number of amides is 1. The fourth-order valence-corrected chi connectivity index (χ4v) is 7.39. The quantitative estimate of drug-likeness (QED) is 0.110. The van der Waals surface area contributed by atoms with Gasteiger partial charge in [0.2, 0.25) is 0 Å². The zero-order valence-electron chi connectivity index (χ0n) is 28.1. The normalized spacial score (nSPS) is 18.0. The number of hydrogen-bond donors (Lipinski definition) is 1. The van der Waals surface area contributed by atoms with Crippen molar-refractivity contribution >= 4 is 41.0 Å². The number of ether oxygens (including phenoxy) is 1. The van der Waals surface area contributed by atoms with Crippen molar-refractivity contribution in [3.05, 3.63) is 156 Å². The average molecular weight is 722 g/mol. The smallest absolute Gasteiger partial charge is 0.350 e. The molecule has 1 saturated heterocycles. The summed E-state index contributed by atoms with van der Waals surface area (Å²) in [5.74, 6) is -0.0337. The Labute approximate surface area is 301 Å². The lowest BCUT2D eigenvalue weighted by atomic mass is 9.75. The highest BCUT2D eigenvalue weighted by molar-refractivity contribution is 7.83. The molecule has 260 valence electrons. The zero-order chi connectivity index (χ0) is 35.4. The van der Waals surface area contributed by atoms with Crippen LogP contribution in [0.3, 0.4) is 0 Å². The van der Waals surface area contributed by atoms with Crippen molar-refractivity contribution in [1.29, 1.82) is 0 Å². The second kappa shape index (κ2) is 14.9. The number of morpholine rings is 1. The predicted octanol–water partition coefficient (Wildman–Crippen LogP) is 7.20. The van der Waals surface area contributed by atoms with Crippen LogP contribution in [-0.4, -0.2) is 74.9 Å². The molecular formula is C38H37ClN7O4P. The summed E-state index contributed by atoms with van der Waals surface area (Å²) >= 11 is 6.35. The van der Waals surface area contributed by atoms with Gasteiger partial charge in [-0.3, -0.25) is 18.8 Å². The van der Waals surface area contributed by atoms with Gasteiger partial charge in [-0.1, -0.05) is 109 Å². The molecule has 4 aromatic carbocycles. The van der Waals surface area contributed by atoms with E-state index in [1.165, 1.54) is 11.0 Å². The lowest BCUT2D eigenvalue weighted by Crippen LogP contribution is -2.57. The van der Waals surface area contributed by atoms with Crippen LogP contribution in [0, 0.1) is 0 Å². The Morgan fingerprint density at radius 3 is 1.96 bits per heavy atom. The summed E-state index contributed by atoms with van der Waals surface area (Å²) in [6, 6.07) is 40.0. The number of halogens is 1. The minimum Gasteiger partial charge on any atom is -0.350 e. The van der Waals surface area contributed by atoms with Crippen molar-refractivity contribution in [2.75, 3.05) is 39.1 Å². The molecular weight excluding hydrogens is 685 g/mol. The molecule has 3 heterocycles. The van der Waals surface area contributed by atoms with E-state index in [0.29, 0.717) is 29.8 Å². The topological polar surface area (TPSA) is 115 Å². The van der Waals surface area contributed by atoms with Crippen molar-refractivity contribution in [1.82, 2.24) is 29.1 Å². The van der Waals surface area contributed by atoms with Gasteiger partial charge in [0.05, 0.1) is 24.6 Å². The molecule has 0 saturated carbocycles. The summed E-state index contributed by atoms with van der Waals surface area (Å²) in [5.41, 5.74) is 3.77. The Morgan fingerprint density at radius 1 is 0.863 bits per heavy atom. The molecule has 0 radical (unpaired) electrons. The number of fused-ring (bicyclic) bond motifs is 1. The maximum atomic E-state index is 13.1. The molecule has 0 bridgehead atoms. The monoisotopic (exact) mass is 721 g/mol. The number of benzene rings is 4. The maximum absolute atomic E-state index is 13.1. The van der Waals surface area contributed by atoms with Crippen LogP contribution >= 0.6 is 18.1 Å². The summed E-state index contributed by atoms with van der Waals surface area (Å²) in [7, 11) is 3.22. The Balaban J connectivity index is 1.34. The van der Waals surface area contributed by atoms with E-state index in [1.54, 1.807) is 44.7 Å². The van der Waals surface area contributed by atoms with E-state index in [-0.39, 0.29) is 18.3 Å². The van der Waals surface area contributed by atoms with Gasteiger partial charge in [-0.05, 0) is 54.2 Å². The zero-order valence-corrected chi connectivity index (χ0v) is 29.8. The fourth-order valence-electron chi connectivity index (χ4n) is 6.64. The fraction of sp³-hybridized carbons (Fsp3) is 0.211. The number of aromatic nitrogens is 4. The van der Waals surface area contributed by atoms with E-state index < -0.39 is 24.7 Å². The first-order valence-corrected chi connectivity index (χ1v) is 19.0. The lowest BCUT2D eigenvalue weighted by Gasteiger charge is -2.50.